The van der Waals surface area contributed by atoms with Gasteiger partial charge >= 0.3 is 0 Å². The van der Waals surface area contributed by atoms with Crippen LogP contribution in [0.15, 0.2) is 12.7 Å². The Morgan fingerprint density at radius 1 is 1.57 bits per heavy atom. The van der Waals surface area contributed by atoms with Crippen molar-refractivity contribution < 1.29 is 14.3 Å². The van der Waals surface area contributed by atoms with Crippen molar-refractivity contribution in [3.8, 4) is 0 Å². The highest BCUT2D eigenvalue weighted by Crippen LogP contribution is 2.40. The number of likely N-dealkylation sites (N-methyl/N-ethyl adjacent to an activating group) is 1. The zero-order valence-corrected chi connectivity index (χ0v) is 13.3. The van der Waals surface area contributed by atoms with Crippen molar-refractivity contribution >= 4 is 5.91 Å². The van der Waals surface area contributed by atoms with E-state index in [0.29, 0.717) is 6.61 Å². The first-order valence-electron chi connectivity index (χ1n) is 7.80. The molecule has 0 aromatic heterocycles. The Balaban J connectivity index is 1.95. The number of carbonyl (C=O) groups is 1. The molecule has 0 spiro atoms. The van der Waals surface area contributed by atoms with E-state index in [1.807, 2.05) is 6.08 Å². The summed E-state index contributed by atoms with van der Waals surface area (Å²) in [7, 11) is 3.51. The van der Waals surface area contributed by atoms with E-state index < -0.39 is 0 Å². The zero-order chi connectivity index (χ0) is 15.3. The smallest absolute Gasteiger partial charge is 0.248 e. The van der Waals surface area contributed by atoms with Crippen molar-refractivity contribution in [3.63, 3.8) is 0 Å². The normalized spacial score (nSPS) is 29.7. The van der Waals surface area contributed by atoms with Gasteiger partial charge in [-0.1, -0.05) is 6.08 Å². The molecule has 5 heteroatoms. The summed E-state index contributed by atoms with van der Waals surface area (Å²) >= 11 is 0. The summed E-state index contributed by atoms with van der Waals surface area (Å²) in [6.45, 7) is 8.37. The van der Waals surface area contributed by atoms with Crippen molar-refractivity contribution in [1.82, 2.24) is 9.80 Å². The summed E-state index contributed by atoms with van der Waals surface area (Å²) in [5.41, 5.74) is 0.0338. The number of hydrogen-bond acceptors (Lipinski definition) is 4. The van der Waals surface area contributed by atoms with Gasteiger partial charge in [0.15, 0.2) is 0 Å². The molecule has 0 unspecified atom stereocenters. The highest BCUT2D eigenvalue weighted by molar-refractivity contribution is 5.76. The van der Waals surface area contributed by atoms with Crippen molar-refractivity contribution in [3.05, 3.63) is 12.7 Å². The number of hydrogen-bond donors (Lipinski definition) is 0. The van der Waals surface area contributed by atoms with Crippen LogP contribution < -0.4 is 0 Å². The van der Waals surface area contributed by atoms with Gasteiger partial charge in [0.1, 0.15) is 6.61 Å². The largest absolute Gasteiger partial charge is 0.377 e. The Hall–Kier alpha value is -0.910. The molecule has 2 atom stereocenters. The first kappa shape index (κ1) is 16.5. The van der Waals surface area contributed by atoms with Gasteiger partial charge in [-0.05, 0) is 19.3 Å². The maximum atomic E-state index is 11.7. The van der Waals surface area contributed by atoms with E-state index >= 15 is 0 Å². The van der Waals surface area contributed by atoms with Gasteiger partial charge in [-0.15, -0.1) is 6.58 Å². The Morgan fingerprint density at radius 3 is 3.10 bits per heavy atom. The summed E-state index contributed by atoms with van der Waals surface area (Å²) in [6, 6.07) is 0. The van der Waals surface area contributed by atoms with Gasteiger partial charge in [0.05, 0.1) is 12.7 Å². The Kier molecular flexibility index (Phi) is 5.79. The van der Waals surface area contributed by atoms with Crippen LogP contribution in [0, 0.1) is 5.41 Å². The summed E-state index contributed by atoms with van der Waals surface area (Å²) in [5, 5.41) is 0. The van der Waals surface area contributed by atoms with Gasteiger partial charge in [-0.3, -0.25) is 9.69 Å². The van der Waals surface area contributed by atoms with Gasteiger partial charge in [-0.25, -0.2) is 0 Å². The Morgan fingerprint density at radius 2 is 2.38 bits per heavy atom. The van der Waals surface area contributed by atoms with Crippen LogP contribution in [0.1, 0.15) is 19.3 Å². The fraction of sp³-hybridized carbons (Fsp3) is 0.812. The fourth-order valence-electron chi connectivity index (χ4n) is 3.40. The molecule has 0 radical (unpaired) electrons. The zero-order valence-electron chi connectivity index (χ0n) is 13.3. The SMILES string of the molecule is C=CCN1CC[C@H]2OCCC[C@]2(COCC(=O)N(C)C)C1. The van der Waals surface area contributed by atoms with E-state index in [-0.39, 0.29) is 24.0 Å². The number of piperidine rings is 1. The second kappa shape index (κ2) is 7.38. The molecule has 2 fully saturated rings. The highest BCUT2D eigenvalue weighted by Gasteiger charge is 2.45. The lowest BCUT2D eigenvalue weighted by Crippen LogP contribution is -2.57. The molecule has 0 saturated carbocycles. The van der Waals surface area contributed by atoms with Crippen LogP contribution in [0.2, 0.25) is 0 Å². The van der Waals surface area contributed by atoms with Gasteiger partial charge in [0.2, 0.25) is 5.91 Å². The van der Waals surface area contributed by atoms with E-state index in [0.717, 1.165) is 45.5 Å². The third-order valence-electron chi connectivity index (χ3n) is 4.57. The second-order valence-electron chi connectivity index (χ2n) is 6.42. The first-order chi connectivity index (χ1) is 10.1. The molecule has 2 saturated heterocycles. The monoisotopic (exact) mass is 296 g/mol. The molecule has 21 heavy (non-hydrogen) atoms. The molecular formula is C16H28N2O3. The van der Waals surface area contributed by atoms with Gasteiger partial charge < -0.3 is 14.4 Å². The lowest BCUT2D eigenvalue weighted by molar-refractivity contribution is -0.158. The maximum Gasteiger partial charge on any atom is 0.248 e. The summed E-state index contributed by atoms with van der Waals surface area (Å²) in [5.74, 6) is 0.0124. The molecule has 0 bridgehead atoms. The topological polar surface area (TPSA) is 42.0 Å². The first-order valence-corrected chi connectivity index (χ1v) is 7.80. The minimum Gasteiger partial charge on any atom is -0.377 e. The molecule has 0 aromatic rings. The van der Waals surface area contributed by atoms with Crippen molar-refractivity contribution in [2.45, 2.75) is 25.4 Å². The van der Waals surface area contributed by atoms with Gasteiger partial charge in [-0.2, -0.15) is 0 Å². The van der Waals surface area contributed by atoms with Crippen LogP contribution in [0.25, 0.3) is 0 Å². The number of ether oxygens (including phenoxy) is 2. The molecule has 0 aromatic carbocycles. The minimum atomic E-state index is 0.0124. The van der Waals surface area contributed by atoms with E-state index in [1.54, 1.807) is 19.0 Å². The number of amides is 1. The molecule has 2 heterocycles. The number of carbonyl (C=O) groups excluding carboxylic acids is 1. The molecule has 2 rings (SSSR count). The molecule has 1 amide bonds. The molecular weight excluding hydrogens is 268 g/mol. The number of nitrogens with zero attached hydrogens (tertiary/aromatic N) is 2. The van der Waals surface area contributed by atoms with E-state index in [2.05, 4.69) is 11.5 Å². The lowest BCUT2D eigenvalue weighted by atomic mass is 9.73. The molecule has 2 aliphatic heterocycles. The van der Waals surface area contributed by atoms with Crippen LogP contribution in [0.5, 0.6) is 0 Å². The van der Waals surface area contributed by atoms with Crippen molar-refractivity contribution in [1.29, 1.82) is 0 Å². The summed E-state index contributed by atoms with van der Waals surface area (Å²) < 4.78 is 11.7. The summed E-state index contributed by atoms with van der Waals surface area (Å²) in [6.07, 6.45) is 5.44. The standard InChI is InChI=1S/C16H28N2O3/c1-4-8-18-9-6-14-16(12-18,7-5-10-21-14)13-20-11-15(19)17(2)3/h4,14H,1,5-13H2,2-3H3/t14-,16-/m1/s1. The average Bonchev–Trinajstić information content (AvgIpc) is 2.47. The Bertz CT molecular complexity index is 373. The van der Waals surface area contributed by atoms with Crippen molar-refractivity contribution in [2.24, 2.45) is 5.41 Å². The van der Waals surface area contributed by atoms with Crippen LogP contribution in [0.3, 0.4) is 0 Å². The second-order valence-corrected chi connectivity index (χ2v) is 6.42. The lowest BCUT2D eigenvalue weighted by Gasteiger charge is -2.50. The van der Waals surface area contributed by atoms with E-state index in [1.165, 1.54) is 0 Å². The highest BCUT2D eigenvalue weighted by atomic mass is 16.5. The van der Waals surface area contributed by atoms with Crippen LogP contribution in [0.4, 0.5) is 0 Å². The average molecular weight is 296 g/mol. The number of fused-ring (bicyclic) bond motifs is 1. The number of rotatable bonds is 6. The van der Waals surface area contributed by atoms with E-state index in [9.17, 15) is 4.79 Å². The van der Waals surface area contributed by atoms with Crippen LogP contribution >= 0.6 is 0 Å². The molecule has 0 N–H and O–H groups in total. The predicted molar refractivity (Wildman–Crippen MR) is 82.2 cm³/mol. The third-order valence-corrected chi connectivity index (χ3v) is 4.57. The van der Waals surface area contributed by atoms with E-state index in [4.69, 9.17) is 9.47 Å². The predicted octanol–water partition coefficient (Wildman–Crippen LogP) is 1.15. The Labute approximate surface area is 127 Å². The quantitative estimate of drug-likeness (QED) is 0.690. The van der Waals surface area contributed by atoms with Crippen LogP contribution in [-0.4, -0.2) is 75.4 Å². The molecule has 120 valence electrons. The summed E-state index contributed by atoms with van der Waals surface area (Å²) in [4.78, 5) is 15.6. The maximum absolute atomic E-state index is 11.7. The van der Waals surface area contributed by atoms with Gasteiger partial charge in [0, 0.05) is 45.8 Å². The van der Waals surface area contributed by atoms with Crippen molar-refractivity contribution in [2.75, 3.05) is 53.6 Å². The molecule has 5 nitrogen and oxygen atoms in total. The number of likely N-dealkylation sites (tertiary alicyclic amines) is 1. The third kappa shape index (κ3) is 4.05. The van der Waals surface area contributed by atoms with Crippen LogP contribution in [-0.2, 0) is 14.3 Å². The fourth-order valence-corrected chi connectivity index (χ4v) is 3.40. The van der Waals surface area contributed by atoms with Gasteiger partial charge in [0.25, 0.3) is 0 Å². The molecule has 0 aliphatic carbocycles. The minimum absolute atomic E-state index is 0.0124. The molecule has 2 aliphatic rings.